The van der Waals surface area contributed by atoms with Gasteiger partial charge in [0.15, 0.2) is 0 Å². The Bertz CT molecular complexity index is 995. The molecule has 0 saturated carbocycles. The van der Waals surface area contributed by atoms with Gasteiger partial charge in [-0.3, -0.25) is 19.1 Å². The second-order valence-corrected chi connectivity index (χ2v) is 6.95. The van der Waals surface area contributed by atoms with Crippen LogP contribution in [-0.4, -0.2) is 59.1 Å². The van der Waals surface area contributed by atoms with Crippen LogP contribution >= 0.6 is 0 Å². The summed E-state index contributed by atoms with van der Waals surface area (Å²) in [7, 11) is 0. The van der Waals surface area contributed by atoms with E-state index in [1.165, 1.54) is 6.20 Å². The SMILES string of the molecule is O=C(CN1CCOCC1)Nc1ccc(NC(=O)c2cncn2-c2ccccc2)cc1. The van der Waals surface area contributed by atoms with Crippen LogP contribution in [-0.2, 0) is 9.53 Å². The number of anilines is 2. The maximum atomic E-state index is 12.7. The molecule has 0 spiro atoms. The summed E-state index contributed by atoms with van der Waals surface area (Å²) in [5.41, 5.74) is 2.61. The van der Waals surface area contributed by atoms with Gasteiger partial charge < -0.3 is 15.4 Å². The number of amides is 2. The minimum Gasteiger partial charge on any atom is -0.379 e. The van der Waals surface area contributed by atoms with Crippen LogP contribution in [0.3, 0.4) is 0 Å². The van der Waals surface area contributed by atoms with E-state index in [4.69, 9.17) is 4.74 Å². The summed E-state index contributed by atoms with van der Waals surface area (Å²) in [5, 5.41) is 5.75. The normalized spacial score (nSPS) is 14.3. The van der Waals surface area contributed by atoms with Gasteiger partial charge in [0.1, 0.15) is 5.69 Å². The molecule has 2 N–H and O–H groups in total. The molecule has 1 saturated heterocycles. The fourth-order valence-corrected chi connectivity index (χ4v) is 3.25. The molecule has 0 bridgehead atoms. The summed E-state index contributed by atoms with van der Waals surface area (Å²) in [4.78, 5) is 31.1. The molecule has 30 heavy (non-hydrogen) atoms. The lowest BCUT2D eigenvalue weighted by molar-refractivity contribution is -0.118. The Morgan fingerprint density at radius 1 is 0.933 bits per heavy atom. The molecule has 3 aromatic rings. The Kier molecular flexibility index (Phi) is 6.17. The average molecular weight is 405 g/mol. The van der Waals surface area contributed by atoms with Gasteiger partial charge in [0.2, 0.25) is 5.91 Å². The molecule has 154 valence electrons. The molecule has 8 nitrogen and oxygen atoms in total. The summed E-state index contributed by atoms with van der Waals surface area (Å²) in [6.45, 7) is 3.18. The number of benzene rings is 2. The van der Waals surface area contributed by atoms with Crippen LogP contribution < -0.4 is 10.6 Å². The smallest absolute Gasteiger partial charge is 0.274 e. The Labute approximate surface area is 174 Å². The van der Waals surface area contributed by atoms with Crippen LogP contribution in [0.5, 0.6) is 0 Å². The predicted octanol–water partition coefficient (Wildman–Crippen LogP) is 2.40. The molecule has 1 fully saturated rings. The molecular weight excluding hydrogens is 382 g/mol. The molecule has 2 aromatic carbocycles. The number of hydrogen-bond donors (Lipinski definition) is 2. The molecule has 1 aromatic heterocycles. The van der Waals surface area contributed by atoms with E-state index in [9.17, 15) is 9.59 Å². The lowest BCUT2D eigenvalue weighted by atomic mass is 10.2. The molecule has 4 rings (SSSR count). The molecule has 2 amide bonds. The average Bonchev–Trinajstić information content (AvgIpc) is 3.27. The van der Waals surface area contributed by atoms with Gasteiger partial charge >= 0.3 is 0 Å². The van der Waals surface area contributed by atoms with E-state index >= 15 is 0 Å². The van der Waals surface area contributed by atoms with Gasteiger partial charge in [-0.2, -0.15) is 0 Å². The zero-order chi connectivity index (χ0) is 20.8. The van der Waals surface area contributed by atoms with E-state index in [-0.39, 0.29) is 11.8 Å². The lowest BCUT2D eigenvalue weighted by Gasteiger charge is -2.25. The fourth-order valence-electron chi connectivity index (χ4n) is 3.25. The van der Waals surface area contributed by atoms with Gasteiger partial charge in [-0.15, -0.1) is 0 Å². The maximum absolute atomic E-state index is 12.7. The minimum atomic E-state index is -0.263. The first-order valence-corrected chi connectivity index (χ1v) is 9.78. The van der Waals surface area contributed by atoms with Crippen molar-refractivity contribution in [2.24, 2.45) is 0 Å². The number of morpholine rings is 1. The summed E-state index contributed by atoms with van der Waals surface area (Å²) in [6.07, 6.45) is 3.14. The topological polar surface area (TPSA) is 88.5 Å². The number of carbonyl (C=O) groups is 2. The molecule has 2 heterocycles. The van der Waals surface area contributed by atoms with E-state index in [0.29, 0.717) is 36.8 Å². The highest BCUT2D eigenvalue weighted by Crippen LogP contribution is 2.16. The molecule has 8 heteroatoms. The predicted molar refractivity (Wildman–Crippen MR) is 114 cm³/mol. The van der Waals surface area contributed by atoms with Crippen molar-refractivity contribution in [2.45, 2.75) is 0 Å². The highest BCUT2D eigenvalue weighted by molar-refractivity contribution is 6.03. The van der Waals surface area contributed by atoms with E-state index in [0.717, 1.165) is 18.8 Å². The first-order valence-electron chi connectivity index (χ1n) is 9.78. The molecule has 0 unspecified atom stereocenters. The Balaban J connectivity index is 1.35. The largest absolute Gasteiger partial charge is 0.379 e. The van der Waals surface area contributed by atoms with Crippen molar-refractivity contribution in [3.8, 4) is 5.69 Å². The molecule has 1 aliphatic heterocycles. The molecule has 0 atom stereocenters. The highest BCUT2D eigenvalue weighted by atomic mass is 16.5. The third kappa shape index (κ3) is 4.91. The van der Waals surface area contributed by atoms with Gasteiger partial charge in [-0.25, -0.2) is 4.98 Å². The van der Waals surface area contributed by atoms with Crippen molar-refractivity contribution < 1.29 is 14.3 Å². The minimum absolute atomic E-state index is 0.0690. The standard InChI is InChI=1S/C22H23N5O3/c28-21(15-26-10-12-30-13-11-26)24-17-6-8-18(9-7-17)25-22(29)20-14-23-16-27(20)19-4-2-1-3-5-19/h1-9,14,16H,10-13,15H2,(H,24,28)(H,25,29). The van der Waals surface area contributed by atoms with Crippen LogP contribution in [0.4, 0.5) is 11.4 Å². The molecular formula is C22H23N5O3. The van der Waals surface area contributed by atoms with Gasteiger partial charge in [-0.1, -0.05) is 18.2 Å². The van der Waals surface area contributed by atoms with Crippen molar-refractivity contribution in [1.82, 2.24) is 14.5 Å². The number of nitrogens with one attached hydrogen (secondary N) is 2. The summed E-state index contributed by atoms with van der Waals surface area (Å²) in [6, 6.07) is 16.6. The van der Waals surface area contributed by atoms with Crippen LogP contribution in [0.2, 0.25) is 0 Å². The van der Waals surface area contributed by atoms with E-state index in [1.54, 1.807) is 35.2 Å². The van der Waals surface area contributed by atoms with Crippen LogP contribution in [0, 0.1) is 0 Å². The number of ether oxygens (including phenoxy) is 1. The zero-order valence-electron chi connectivity index (χ0n) is 16.5. The van der Waals surface area contributed by atoms with Gasteiger partial charge in [0, 0.05) is 30.2 Å². The molecule has 0 radical (unpaired) electrons. The highest BCUT2D eigenvalue weighted by Gasteiger charge is 2.15. The third-order valence-electron chi connectivity index (χ3n) is 4.80. The fraction of sp³-hybridized carbons (Fsp3) is 0.227. The summed E-state index contributed by atoms with van der Waals surface area (Å²) in [5.74, 6) is -0.332. The Hall–Kier alpha value is -3.49. The van der Waals surface area contributed by atoms with Crippen molar-refractivity contribution in [3.05, 3.63) is 72.8 Å². The molecule has 1 aliphatic rings. The number of imidazole rings is 1. The first-order chi connectivity index (χ1) is 14.7. The van der Waals surface area contributed by atoms with Crippen LogP contribution in [0.15, 0.2) is 67.1 Å². The molecule has 0 aliphatic carbocycles. The quantitative estimate of drug-likeness (QED) is 0.658. The number of aromatic nitrogens is 2. The number of para-hydroxylation sites is 1. The number of carbonyl (C=O) groups excluding carboxylic acids is 2. The van der Waals surface area contributed by atoms with Crippen molar-refractivity contribution >= 4 is 23.2 Å². The number of hydrogen-bond acceptors (Lipinski definition) is 5. The van der Waals surface area contributed by atoms with Crippen molar-refractivity contribution in [3.63, 3.8) is 0 Å². The Morgan fingerprint density at radius 3 is 2.30 bits per heavy atom. The van der Waals surface area contributed by atoms with E-state index in [2.05, 4.69) is 20.5 Å². The van der Waals surface area contributed by atoms with E-state index < -0.39 is 0 Å². The second kappa shape index (κ2) is 9.34. The summed E-state index contributed by atoms with van der Waals surface area (Å²) >= 11 is 0. The lowest BCUT2D eigenvalue weighted by Crippen LogP contribution is -2.41. The first kappa shape index (κ1) is 19.8. The summed E-state index contributed by atoms with van der Waals surface area (Å²) < 4.78 is 7.02. The van der Waals surface area contributed by atoms with Gasteiger partial charge in [0.25, 0.3) is 5.91 Å². The van der Waals surface area contributed by atoms with Crippen LogP contribution in [0.25, 0.3) is 5.69 Å². The zero-order valence-corrected chi connectivity index (χ0v) is 16.5. The third-order valence-corrected chi connectivity index (χ3v) is 4.80. The van der Waals surface area contributed by atoms with Gasteiger partial charge in [-0.05, 0) is 36.4 Å². The second-order valence-electron chi connectivity index (χ2n) is 6.95. The van der Waals surface area contributed by atoms with E-state index in [1.807, 2.05) is 30.3 Å². The number of nitrogens with zero attached hydrogens (tertiary/aromatic N) is 3. The number of rotatable bonds is 6. The van der Waals surface area contributed by atoms with Crippen LogP contribution in [0.1, 0.15) is 10.5 Å². The maximum Gasteiger partial charge on any atom is 0.274 e. The van der Waals surface area contributed by atoms with Crippen molar-refractivity contribution in [1.29, 1.82) is 0 Å². The van der Waals surface area contributed by atoms with Gasteiger partial charge in [0.05, 0.1) is 32.3 Å². The monoisotopic (exact) mass is 405 g/mol. The Morgan fingerprint density at radius 2 is 1.60 bits per heavy atom. The van der Waals surface area contributed by atoms with Crippen molar-refractivity contribution in [2.75, 3.05) is 43.5 Å².